The molecule has 0 spiro atoms. The first kappa shape index (κ1) is 19.7. The number of ether oxygens (including phenoxy) is 1. The highest BCUT2D eigenvalue weighted by Crippen LogP contribution is 2.39. The average molecular weight is 382 g/mol. The number of carbonyl (C=O) groups is 4. The fourth-order valence-corrected chi connectivity index (χ4v) is 3.63. The summed E-state index contributed by atoms with van der Waals surface area (Å²) < 4.78 is 9.53. The Kier molecular flexibility index (Phi) is 6.22. The van der Waals surface area contributed by atoms with Gasteiger partial charge in [0, 0.05) is 25.2 Å². The number of Topliss-reactive ketones (excluding diaryl/α,β-unsaturated/α-hetero) is 1. The lowest BCUT2D eigenvalue weighted by molar-refractivity contribution is -0.148. The van der Waals surface area contributed by atoms with Crippen LogP contribution in [-0.4, -0.2) is 57.4 Å². The minimum atomic E-state index is -1.21. The second-order valence-corrected chi connectivity index (χ2v) is 6.61. The number of carboxylic acid groups (broad SMARTS) is 1. The first-order chi connectivity index (χ1) is 12.2. The van der Waals surface area contributed by atoms with Crippen LogP contribution in [0.1, 0.15) is 24.4 Å². The summed E-state index contributed by atoms with van der Waals surface area (Å²) in [6.07, 6.45) is 1.48. The molecular weight excluding hydrogens is 364 g/mol. The number of thioether (sulfide) groups is 1. The molecule has 9 nitrogen and oxygen atoms in total. The Morgan fingerprint density at radius 1 is 1.42 bits per heavy atom. The molecule has 2 aliphatic heterocycles. The summed E-state index contributed by atoms with van der Waals surface area (Å²) in [6.45, 7) is 2.60. The number of amides is 1. The number of nitrogens with zero attached hydrogens (tertiary/aromatic N) is 1. The van der Waals surface area contributed by atoms with E-state index in [1.54, 1.807) is 12.1 Å². The van der Waals surface area contributed by atoms with Gasteiger partial charge in [0.05, 0.1) is 6.26 Å². The minimum absolute atomic E-state index is 0.0324. The Labute approximate surface area is 153 Å². The van der Waals surface area contributed by atoms with Crippen molar-refractivity contribution in [3.63, 3.8) is 0 Å². The monoisotopic (exact) mass is 382 g/mol. The lowest BCUT2D eigenvalue weighted by Crippen LogP contribution is -2.68. The average Bonchev–Trinajstić information content (AvgIpc) is 3.13. The van der Waals surface area contributed by atoms with Crippen molar-refractivity contribution in [1.82, 2.24) is 4.90 Å². The standard InChI is InChI=1S/C10H12N2O5S.C6H6O2/c1-4(13)17-2-5-3-18-9-6(11)8(14)12(9)7(5)10(15)16;1-5(7)6-3-2-4-8-6/h6,9H,2-3,11H2,1H3,(H,15,16);2-4H,1H3. The van der Waals surface area contributed by atoms with E-state index in [2.05, 4.69) is 0 Å². The molecule has 3 rings (SSSR count). The maximum Gasteiger partial charge on any atom is 0.352 e. The van der Waals surface area contributed by atoms with Gasteiger partial charge in [0.15, 0.2) is 11.5 Å². The fourth-order valence-electron chi connectivity index (χ4n) is 2.36. The topological polar surface area (TPSA) is 140 Å². The van der Waals surface area contributed by atoms with E-state index in [0.717, 1.165) is 0 Å². The van der Waals surface area contributed by atoms with E-state index >= 15 is 0 Å². The molecule has 1 aromatic rings. The molecule has 0 radical (unpaired) electrons. The van der Waals surface area contributed by atoms with Gasteiger partial charge in [-0.2, -0.15) is 0 Å². The Bertz CT molecular complexity index is 757. The molecule has 1 fully saturated rings. The summed E-state index contributed by atoms with van der Waals surface area (Å²) in [6, 6.07) is 2.68. The molecule has 140 valence electrons. The zero-order valence-corrected chi connectivity index (χ0v) is 14.9. The number of β-lactam (4-membered cyclic amide) rings is 1. The number of aliphatic carboxylic acids is 1. The molecule has 26 heavy (non-hydrogen) atoms. The van der Waals surface area contributed by atoms with Gasteiger partial charge in [0.25, 0.3) is 0 Å². The van der Waals surface area contributed by atoms with E-state index in [4.69, 9.17) is 20.0 Å². The molecule has 0 bridgehead atoms. The normalized spacial score (nSPS) is 21.2. The number of hydrogen-bond acceptors (Lipinski definition) is 8. The highest BCUT2D eigenvalue weighted by Gasteiger charge is 2.51. The van der Waals surface area contributed by atoms with Crippen LogP contribution in [0.25, 0.3) is 0 Å². The second kappa shape index (κ2) is 8.19. The summed E-state index contributed by atoms with van der Waals surface area (Å²) in [5, 5.41) is 8.83. The zero-order chi connectivity index (χ0) is 19.4. The van der Waals surface area contributed by atoms with Crippen molar-refractivity contribution in [2.75, 3.05) is 12.4 Å². The van der Waals surface area contributed by atoms with Gasteiger partial charge in [0.2, 0.25) is 5.91 Å². The summed E-state index contributed by atoms with van der Waals surface area (Å²) >= 11 is 1.37. The number of esters is 1. The molecule has 3 heterocycles. The zero-order valence-electron chi connectivity index (χ0n) is 14.1. The van der Waals surface area contributed by atoms with Crippen molar-refractivity contribution in [3.8, 4) is 0 Å². The van der Waals surface area contributed by atoms with Gasteiger partial charge in [-0.15, -0.1) is 11.8 Å². The molecule has 2 atom stereocenters. The van der Waals surface area contributed by atoms with E-state index in [-0.39, 0.29) is 23.5 Å². The predicted octanol–water partition coefficient (Wildman–Crippen LogP) is 0.613. The molecular formula is C16H18N2O7S. The van der Waals surface area contributed by atoms with Gasteiger partial charge >= 0.3 is 11.9 Å². The smallest absolute Gasteiger partial charge is 0.352 e. The Morgan fingerprint density at radius 2 is 2.12 bits per heavy atom. The van der Waals surface area contributed by atoms with Gasteiger partial charge in [0.1, 0.15) is 23.7 Å². The van der Waals surface area contributed by atoms with Crippen LogP contribution in [0.5, 0.6) is 0 Å². The quantitative estimate of drug-likeness (QED) is 0.435. The van der Waals surface area contributed by atoms with Gasteiger partial charge in [-0.05, 0) is 12.1 Å². The number of hydrogen-bond donors (Lipinski definition) is 2. The van der Waals surface area contributed by atoms with Crippen molar-refractivity contribution < 1.29 is 33.4 Å². The lowest BCUT2D eigenvalue weighted by atomic mass is 10.0. The van der Waals surface area contributed by atoms with Crippen molar-refractivity contribution in [1.29, 1.82) is 0 Å². The first-order valence-corrected chi connectivity index (χ1v) is 8.62. The predicted molar refractivity (Wildman–Crippen MR) is 91.1 cm³/mol. The van der Waals surface area contributed by atoms with Crippen molar-refractivity contribution in [2.45, 2.75) is 25.3 Å². The van der Waals surface area contributed by atoms with Gasteiger partial charge in [-0.3, -0.25) is 19.3 Å². The largest absolute Gasteiger partial charge is 0.477 e. The number of nitrogens with two attached hydrogens (primary N) is 1. The van der Waals surface area contributed by atoms with Crippen LogP contribution >= 0.6 is 11.8 Å². The molecule has 0 aromatic carbocycles. The summed E-state index contributed by atoms with van der Waals surface area (Å²) in [5.41, 5.74) is 5.90. The molecule has 10 heteroatoms. The molecule has 1 amide bonds. The van der Waals surface area contributed by atoms with Crippen LogP contribution < -0.4 is 5.73 Å². The first-order valence-electron chi connectivity index (χ1n) is 7.57. The number of carboxylic acids is 1. The van der Waals surface area contributed by atoms with Crippen LogP contribution in [-0.2, 0) is 19.1 Å². The molecule has 1 aromatic heterocycles. The number of rotatable bonds is 4. The molecule has 0 saturated carbocycles. The van der Waals surface area contributed by atoms with Crippen molar-refractivity contribution in [2.24, 2.45) is 5.73 Å². The van der Waals surface area contributed by atoms with Crippen LogP contribution in [0, 0.1) is 0 Å². The fraction of sp³-hybridized carbons (Fsp3) is 0.375. The maximum atomic E-state index is 11.6. The third-order valence-corrected chi connectivity index (χ3v) is 4.97. The van der Waals surface area contributed by atoms with E-state index in [0.29, 0.717) is 17.1 Å². The van der Waals surface area contributed by atoms with Crippen molar-refractivity contribution >= 4 is 35.4 Å². The van der Waals surface area contributed by atoms with Gasteiger partial charge in [-0.1, -0.05) is 0 Å². The highest BCUT2D eigenvalue weighted by molar-refractivity contribution is 8.00. The highest BCUT2D eigenvalue weighted by atomic mass is 32.2. The number of fused-ring (bicyclic) bond motifs is 1. The third-order valence-electron chi connectivity index (χ3n) is 3.61. The van der Waals surface area contributed by atoms with Crippen LogP contribution in [0.4, 0.5) is 0 Å². The number of carbonyl (C=O) groups excluding carboxylic acids is 3. The third kappa shape index (κ3) is 4.14. The molecule has 2 aliphatic rings. The summed E-state index contributed by atoms with van der Waals surface area (Å²) in [7, 11) is 0. The van der Waals surface area contributed by atoms with E-state index in [1.165, 1.54) is 36.8 Å². The van der Waals surface area contributed by atoms with Crippen LogP contribution in [0.2, 0.25) is 0 Å². The molecule has 0 aliphatic carbocycles. The number of furan rings is 1. The minimum Gasteiger partial charge on any atom is -0.477 e. The van der Waals surface area contributed by atoms with E-state index < -0.39 is 23.9 Å². The molecule has 3 N–H and O–H groups in total. The van der Waals surface area contributed by atoms with Crippen molar-refractivity contribution in [3.05, 3.63) is 35.4 Å². The van der Waals surface area contributed by atoms with Gasteiger partial charge < -0.3 is 20.0 Å². The maximum absolute atomic E-state index is 11.6. The summed E-state index contributed by atoms with van der Waals surface area (Å²) in [5.74, 6) is -1.34. The number of ketones is 1. The van der Waals surface area contributed by atoms with Crippen LogP contribution in [0.3, 0.4) is 0 Å². The van der Waals surface area contributed by atoms with Gasteiger partial charge in [-0.25, -0.2) is 4.79 Å². The van der Waals surface area contributed by atoms with Crippen LogP contribution in [0.15, 0.2) is 34.1 Å². The summed E-state index contributed by atoms with van der Waals surface area (Å²) in [4.78, 5) is 45.1. The Hall–Kier alpha value is -2.59. The SMILES string of the molecule is CC(=O)OCC1=C(C(=O)O)N2C(=O)C(N)C2SC1.CC(=O)c1ccco1. The second-order valence-electron chi connectivity index (χ2n) is 5.51. The lowest BCUT2D eigenvalue weighted by Gasteiger charge is -2.47. The Balaban J connectivity index is 0.000000254. The Morgan fingerprint density at radius 3 is 2.58 bits per heavy atom. The molecule has 1 saturated heterocycles. The van der Waals surface area contributed by atoms with E-state index in [9.17, 15) is 19.2 Å². The van der Waals surface area contributed by atoms with E-state index in [1.807, 2.05) is 0 Å². The molecule has 2 unspecified atom stereocenters.